The number of ether oxygens (including phenoxy) is 1. The molecule has 2 heterocycles. The molecule has 1 unspecified atom stereocenters. The van der Waals surface area contributed by atoms with Gasteiger partial charge in [0.15, 0.2) is 5.96 Å². The molecule has 1 saturated heterocycles. The van der Waals surface area contributed by atoms with Gasteiger partial charge in [-0.2, -0.15) is 0 Å². The molecular weight excluding hydrogens is 479 g/mol. The van der Waals surface area contributed by atoms with E-state index in [2.05, 4.69) is 51.7 Å². The van der Waals surface area contributed by atoms with Gasteiger partial charge in [0.25, 0.3) is 0 Å². The summed E-state index contributed by atoms with van der Waals surface area (Å²) in [5, 5.41) is 6.86. The summed E-state index contributed by atoms with van der Waals surface area (Å²) in [6.45, 7) is 7.68. The van der Waals surface area contributed by atoms with Crippen LogP contribution in [0.5, 0.6) is 5.75 Å². The Balaban J connectivity index is 0.00000300. The first-order chi connectivity index (χ1) is 13.6. The van der Waals surface area contributed by atoms with Gasteiger partial charge in [-0.3, -0.25) is 9.89 Å². The van der Waals surface area contributed by atoms with Crippen molar-refractivity contribution in [3.05, 3.63) is 53.0 Å². The number of hydrogen-bond acceptors (Lipinski definition) is 4. The second-order valence-corrected chi connectivity index (χ2v) is 7.33. The van der Waals surface area contributed by atoms with E-state index in [1.807, 2.05) is 13.0 Å². The summed E-state index contributed by atoms with van der Waals surface area (Å²) in [4.78, 5) is 6.87. The van der Waals surface area contributed by atoms with E-state index in [-0.39, 0.29) is 30.0 Å². The van der Waals surface area contributed by atoms with Crippen molar-refractivity contribution >= 4 is 29.9 Å². The third-order valence-electron chi connectivity index (χ3n) is 5.25. The van der Waals surface area contributed by atoms with E-state index < -0.39 is 0 Å². The molecule has 2 aromatic rings. The first kappa shape index (κ1) is 23.5. The average Bonchev–Trinajstić information content (AvgIpc) is 3.37. The topological polar surface area (TPSA) is 62.0 Å². The molecule has 0 aliphatic carbocycles. The van der Waals surface area contributed by atoms with Gasteiger partial charge in [0.05, 0.1) is 13.2 Å². The monoisotopic (exact) mass is 512 g/mol. The molecule has 0 radical (unpaired) electrons. The molecule has 7 heteroatoms. The van der Waals surface area contributed by atoms with Gasteiger partial charge in [0.2, 0.25) is 0 Å². The summed E-state index contributed by atoms with van der Waals surface area (Å²) in [6.07, 6.45) is 2.49. The van der Waals surface area contributed by atoms with Crippen molar-refractivity contribution in [3.8, 4) is 5.75 Å². The molecule has 1 fully saturated rings. The molecule has 3 rings (SSSR count). The van der Waals surface area contributed by atoms with Gasteiger partial charge in [0.1, 0.15) is 17.3 Å². The fraction of sp³-hybridized carbons (Fsp3) is 0.500. The van der Waals surface area contributed by atoms with E-state index in [4.69, 9.17) is 9.15 Å². The number of guanidine groups is 1. The summed E-state index contributed by atoms with van der Waals surface area (Å²) in [6, 6.07) is 10.6. The smallest absolute Gasteiger partial charge is 0.191 e. The number of likely N-dealkylation sites (tertiary alicyclic amines) is 1. The molecule has 1 aromatic heterocycles. The Kier molecular flexibility index (Phi) is 9.29. The minimum atomic E-state index is 0. The predicted molar refractivity (Wildman–Crippen MR) is 128 cm³/mol. The van der Waals surface area contributed by atoms with Crippen molar-refractivity contribution in [1.29, 1.82) is 0 Å². The lowest BCUT2D eigenvalue weighted by atomic mass is 10.1. The van der Waals surface area contributed by atoms with E-state index in [1.165, 1.54) is 18.4 Å². The average molecular weight is 512 g/mol. The molecule has 160 valence electrons. The SMILES string of the molecule is CN=C(NCc1ccc(C)cc1OC)NCC(c1ccc(C)o1)N1CCCC1.I. The zero-order valence-corrected chi connectivity index (χ0v) is 20.2. The molecular formula is C22H33IN4O2. The van der Waals surface area contributed by atoms with E-state index in [9.17, 15) is 0 Å². The molecule has 0 amide bonds. The highest BCUT2D eigenvalue weighted by Gasteiger charge is 2.26. The fourth-order valence-electron chi connectivity index (χ4n) is 3.69. The number of nitrogens with zero attached hydrogens (tertiary/aromatic N) is 2. The number of aryl methyl sites for hydroxylation is 2. The van der Waals surface area contributed by atoms with E-state index >= 15 is 0 Å². The van der Waals surface area contributed by atoms with Crippen LogP contribution in [0.15, 0.2) is 39.7 Å². The maximum absolute atomic E-state index is 5.94. The number of rotatable bonds is 7. The summed E-state index contributed by atoms with van der Waals surface area (Å²) in [5.41, 5.74) is 2.29. The van der Waals surface area contributed by atoms with E-state index in [1.54, 1.807) is 14.2 Å². The van der Waals surface area contributed by atoms with Crippen LogP contribution < -0.4 is 15.4 Å². The highest BCUT2D eigenvalue weighted by atomic mass is 127. The van der Waals surface area contributed by atoms with Gasteiger partial charge in [-0.1, -0.05) is 12.1 Å². The molecule has 2 N–H and O–H groups in total. The van der Waals surface area contributed by atoms with Crippen LogP contribution >= 0.6 is 24.0 Å². The quantitative estimate of drug-likeness (QED) is 0.334. The summed E-state index contributed by atoms with van der Waals surface area (Å²) < 4.78 is 11.4. The second kappa shape index (κ2) is 11.4. The molecule has 1 aliphatic heterocycles. The zero-order valence-electron chi connectivity index (χ0n) is 17.8. The van der Waals surface area contributed by atoms with Gasteiger partial charge in [-0.15, -0.1) is 24.0 Å². The van der Waals surface area contributed by atoms with Crippen molar-refractivity contribution in [2.75, 3.05) is 33.8 Å². The number of hydrogen-bond donors (Lipinski definition) is 2. The van der Waals surface area contributed by atoms with Crippen molar-refractivity contribution < 1.29 is 9.15 Å². The number of aliphatic imine (C=N–C) groups is 1. The van der Waals surface area contributed by atoms with Crippen molar-refractivity contribution in [3.63, 3.8) is 0 Å². The van der Waals surface area contributed by atoms with Crippen molar-refractivity contribution in [2.24, 2.45) is 4.99 Å². The van der Waals surface area contributed by atoms with Crippen molar-refractivity contribution in [1.82, 2.24) is 15.5 Å². The molecule has 1 aromatic carbocycles. The summed E-state index contributed by atoms with van der Waals surface area (Å²) in [7, 11) is 3.50. The van der Waals surface area contributed by atoms with Crippen LogP contribution in [0, 0.1) is 13.8 Å². The molecule has 0 spiro atoms. The molecule has 0 saturated carbocycles. The lowest BCUT2D eigenvalue weighted by molar-refractivity contribution is 0.213. The van der Waals surface area contributed by atoms with Gasteiger partial charge in [0, 0.05) is 25.7 Å². The molecule has 1 atom stereocenters. The number of methoxy groups -OCH3 is 1. The van der Waals surface area contributed by atoms with E-state index in [0.717, 1.165) is 48.4 Å². The van der Waals surface area contributed by atoms with E-state index in [0.29, 0.717) is 6.54 Å². The fourth-order valence-corrected chi connectivity index (χ4v) is 3.69. The van der Waals surface area contributed by atoms with Gasteiger partial charge >= 0.3 is 0 Å². The largest absolute Gasteiger partial charge is 0.496 e. The normalized spacial score (nSPS) is 15.7. The van der Waals surface area contributed by atoms with Gasteiger partial charge in [-0.05, 0) is 63.5 Å². The maximum Gasteiger partial charge on any atom is 0.191 e. The Morgan fingerprint density at radius 2 is 1.93 bits per heavy atom. The summed E-state index contributed by atoms with van der Waals surface area (Å²) >= 11 is 0. The first-order valence-corrected chi connectivity index (χ1v) is 9.99. The van der Waals surface area contributed by atoms with Crippen LogP contribution in [-0.4, -0.2) is 44.7 Å². The minimum Gasteiger partial charge on any atom is -0.496 e. The Hall–Kier alpha value is -1.74. The minimum absolute atomic E-state index is 0. The molecule has 1 aliphatic rings. The maximum atomic E-state index is 5.94. The van der Waals surface area contributed by atoms with Crippen LogP contribution in [0.2, 0.25) is 0 Å². The van der Waals surface area contributed by atoms with Crippen LogP contribution in [0.3, 0.4) is 0 Å². The lowest BCUT2D eigenvalue weighted by Gasteiger charge is -2.27. The Morgan fingerprint density at radius 3 is 2.55 bits per heavy atom. The van der Waals surface area contributed by atoms with Gasteiger partial charge in [-0.25, -0.2) is 0 Å². The van der Waals surface area contributed by atoms with Gasteiger partial charge < -0.3 is 19.8 Å². The highest BCUT2D eigenvalue weighted by Crippen LogP contribution is 2.26. The van der Waals surface area contributed by atoms with Crippen LogP contribution in [0.1, 0.15) is 41.5 Å². The molecule has 6 nitrogen and oxygen atoms in total. The van der Waals surface area contributed by atoms with Crippen molar-refractivity contribution in [2.45, 2.75) is 39.3 Å². The first-order valence-electron chi connectivity index (χ1n) is 9.99. The number of furan rings is 1. The highest BCUT2D eigenvalue weighted by molar-refractivity contribution is 14.0. The molecule has 0 bridgehead atoms. The second-order valence-electron chi connectivity index (χ2n) is 7.33. The standard InChI is InChI=1S/C22H32N4O2.HI/c1-16-7-9-18(21(13-16)27-4)14-24-22(23-3)25-15-19(26-11-5-6-12-26)20-10-8-17(2)28-20;/h7-10,13,19H,5-6,11-12,14-15H2,1-4H3,(H2,23,24,25);1H. The lowest BCUT2D eigenvalue weighted by Crippen LogP contribution is -2.42. The predicted octanol–water partition coefficient (Wildman–Crippen LogP) is 4.03. The number of benzene rings is 1. The number of halogens is 1. The Labute approximate surface area is 191 Å². The molecule has 29 heavy (non-hydrogen) atoms. The van der Waals surface area contributed by atoms with Crippen LogP contribution in [0.4, 0.5) is 0 Å². The van der Waals surface area contributed by atoms with Crippen LogP contribution in [-0.2, 0) is 6.54 Å². The third-order valence-corrected chi connectivity index (χ3v) is 5.25. The number of nitrogens with one attached hydrogen (secondary N) is 2. The Morgan fingerprint density at radius 1 is 1.17 bits per heavy atom. The third kappa shape index (κ3) is 6.37. The zero-order chi connectivity index (χ0) is 19.9. The van der Waals surface area contributed by atoms with Crippen LogP contribution in [0.25, 0.3) is 0 Å². The summed E-state index contributed by atoms with van der Waals surface area (Å²) in [5.74, 6) is 3.63. The Bertz CT molecular complexity index is 800.